The van der Waals surface area contributed by atoms with E-state index < -0.39 is 23.5 Å². The zero-order valence-electron chi connectivity index (χ0n) is 8.42. The maximum atomic E-state index is 11.4. The molecule has 0 unspecified atom stereocenters. The minimum absolute atomic E-state index is 0.160. The average molecular weight is 261 g/mol. The molecule has 8 nitrogen and oxygen atoms in total. The van der Waals surface area contributed by atoms with Crippen LogP contribution in [0, 0.1) is 0 Å². The van der Waals surface area contributed by atoms with Crippen molar-refractivity contribution in [3.63, 3.8) is 0 Å². The molecule has 0 bridgehead atoms. The molecule has 0 rings (SSSR count). The Morgan fingerprint density at radius 2 is 1.80 bits per heavy atom. The van der Waals surface area contributed by atoms with Gasteiger partial charge in [-0.15, -0.1) is 0 Å². The minimum atomic E-state index is -4.27. The lowest BCUT2D eigenvalue weighted by molar-refractivity contribution is 0.236. The van der Waals surface area contributed by atoms with E-state index in [-0.39, 0.29) is 6.61 Å². The van der Waals surface area contributed by atoms with Gasteiger partial charge >= 0.3 is 23.5 Å². The highest BCUT2D eigenvalue weighted by Gasteiger charge is 2.35. The molecule has 0 aliphatic carbocycles. The fourth-order valence-corrected chi connectivity index (χ4v) is 2.43. The Kier molecular flexibility index (Phi) is 5.39. The van der Waals surface area contributed by atoms with Crippen molar-refractivity contribution >= 4 is 23.5 Å². The highest BCUT2D eigenvalue weighted by atomic mass is 32.2. The molecule has 0 aliphatic rings. The minimum Gasteiger partial charge on any atom is -0.305 e. The van der Waals surface area contributed by atoms with Crippen LogP contribution in [0.4, 0.5) is 4.79 Å². The van der Waals surface area contributed by atoms with Crippen molar-refractivity contribution in [3.8, 4) is 0 Å². The third-order valence-electron chi connectivity index (χ3n) is 1.21. The molecule has 0 saturated heterocycles. The first kappa shape index (κ1) is 14.5. The summed E-state index contributed by atoms with van der Waals surface area (Å²) in [5.41, 5.74) is -1.40. The Hall–Kier alpha value is -0.470. The van der Waals surface area contributed by atoms with Crippen molar-refractivity contribution in [2.45, 2.75) is 6.92 Å². The molecule has 0 spiro atoms. The van der Waals surface area contributed by atoms with E-state index in [0.717, 1.165) is 14.2 Å². The topological polar surface area (TPSA) is 108 Å². The fourth-order valence-electron chi connectivity index (χ4n) is 0.588. The molecule has 1 N–H and O–H groups in total. The number of nitrogens with one attached hydrogen (secondary N) is 1. The predicted octanol–water partition coefficient (Wildman–Crippen LogP) is 0.463. The van der Waals surface area contributed by atoms with Crippen LogP contribution in [-0.2, 0) is 28.1 Å². The highest BCUT2D eigenvalue weighted by Crippen LogP contribution is 2.46. The second-order valence-corrected chi connectivity index (χ2v) is 5.61. The Morgan fingerprint density at radius 1 is 1.33 bits per heavy atom. The maximum Gasteiger partial charge on any atom is 0.418 e. The lowest BCUT2D eigenvalue weighted by Crippen LogP contribution is -2.31. The van der Waals surface area contributed by atoms with Gasteiger partial charge in [-0.05, 0) is 6.92 Å². The van der Waals surface area contributed by atoms with Gasteiger partial charge in [0.25, 0.3) is 0 Å². The Bertz CT molecular complexity index is 356. The summed E-state index contributed by atoms with van der Waals surface area (Å²) >= 11 is 0. The SMILES string of the molecule is CCOS(=O)(=O)NC(=O)P(=O)(OC)OC. The average Bonchev–Trinajstić information content (AvgIpc) is 2.15. The van der Waals surface area contributed by atoms with Gasteiger partial charge in [0, 0.05) is 14.2 Å². The number of carbonyl (C=O) groups excluding carboxylic acids is 1. The molecule has 1 amide bonds. The maximum absolute atomic E-state index is 11.4. The number of hydrogen-bond acceptors (Lipinski definition) is 7. The van der Waals surface area contributed by atoms with Crippen LogP contribution in [0.15, 0.2) is 0 Å². The van der Waals surface area contributed by atoms with Crippen LogP contribution in [0.1, 0.15) is 6.92 Å². The summed E-state index contributed by atoms with van der Waals surface area (Å²) in [7, 11) is -6.46. The van der Waals surface area contributed by atoms with Crippen LogP contribution >= 0.6 is 7.60 Å². The van der Waals surface area contributed by atoms with E-state index >= 15 is 0 Å². The lowest BCUT2D eigenvalue weighted by atomic mass is 10.9. The lowest BCUT2D eigenvalue weighted by Gasteiger charge is -2.12. The largest absolute Gasteiger partial charge is 0.418 e. The van der Waals surface area contributed by atoms with Gasteiger partial charge in [-0.2, -0.15) is 8.42 Å². The number of rotatable bonds is 6. The molecule has 0 aromatic heterocycles. The Morgan fingerprint density at radius 3 is 2.13 bits per heavy atom. The van der Waals surface area contributed by atoms with Crippen LogP contribution in [0.3, 0.4) is 0 Å². The van der Waals surface area contributed by atoms with E-state index in [4.69, 9.17) is 0 Å². The summed E-state index contributed by atoms with van der Waals surface area (Å²) in [6, 6.07) is 0. The summed E-state index contributed by atoms with van der Waals surface area (Å²) < 4.78 is 47.4. The number of hydrogen-bond donors (Lipinski definition) is 1. The molecule has 0 heterocycles. The van der Waals surface area contributed by atoms with Crippen LogP contribution in [0.2, 0.25) is 0 Å². The van der Waals surface area contributed by atoms with Crippen LogP contribution in [0.25, 0.3) is 0 Å². The van der Waals surface area contributed by atoms with Crippen LogP contribution in [0.5, 0.6) is 0 Å². The monoisotopic (exact) mass is 261 g/mol. The molecular formula is C5H12NO7PS. The molecule has 0 aromatic carbocycles. The van der Waals surface area contributed by atoms with E-state index in [2.05, 4.69) is 13.2 Å². The normalized spacial score (nSPS) is 12.5. The molecule has 0 aliphatic heterocycles. The van der Waals surface area contributed by atoms with Crippen molar-refractivity contribution < 1.29 is 31.0 Å². The Balaban J connectivity index is 4.70. The van der Waals surface area contributed by atoms with Crippen LogP contribution < -0.4 is 4.72 Å². The summed E-state index contributed by atoms with van der Waals surface area (Å²) in [4.78, 5) is 11.1. The van der Waals surface area contributed by atoms with E-state index in [0.29, 0.717) is 0 Å². The third-order valence-corrected chi connectivity index (χ3v) is 3.92. The van der Waals surface area contributed by atoms with Gasteiger partial charge in [-0.3, -0.25) is 8.98 Å². The molecule has 15 heavy (non-hydrogen) atoms. The molecule has 0 radical (unpaired) electrons. The molecule has 0 saturated carbocycles. The summed E-state index contributed by atoms with van der Waals surface area (Å²) in [6.45, 7) is 1.25. The van der Waals surface area contributed by atoms with E-state index in [1.165, 1.54) is 11.6 Å². The first-order valence-electron chi connectivity index (χ1n) is 3.74. The Labute approximate surface area is 87.7 Å². The van der Waals surface area contributed by atoms with Crippen LogP contribution in [-0.4, -0.2) is 34.9 Å². The number of amides is 1. The van der Waals surface area contributed by atoms with Gasteiger partial charge < -0.3 is 9.05 Å². The summed E-state index contributed by atoms with van der Waals surface area (Å²) in [5.74, 6) is 0. The van der Waals surface area contributed by atoms with E-state index in [1.807, 2.05) is 0 Å². The molecule has 0 fully saturated rings. The highest BCUT2D eigenvalue weighted by molar-refractivity contribution is 7.87. The van der Waals surface area contributed by atoms with Gasteiger partial charge in [0.2, 0.25) is 0 Å². The van der Waals surface area contributed by atoms with E-state index in [9.17, 15) is 17.8 Å². The number of carbonyl (C=O) groups is 1. The molecule has 0 atom stereocenters. The van der Waals surface area contributed by atoms with Gasteiger partial charge in [-0.25, -0.2) is 9.29 Å². The third kappa shape index (κ3) is 4.27. The summed E-state index contributed by atoms with van der Waals surface area (Å²) in [5, 5.41) is 0. The standard InChI is InChI=1S/C5H12NO7PS/c1-4-13-15(9,10)6-5(7)14(8,11-2)12-3/h4H2,1-3H3,(H,6,7). The predicted molar refractivity (Wildman–Crippen MR) is 50.7 cm³/mol. The van der Waals surface area contributed by atoms with Gasteiger partial charge in [0.05, 0.1) is 6.61 Å². The second kappa shape index (κ2) is 5.57. The van der Waals surface area contributed by atoms with Crippen molar-refractivity contribution in [3.05, 3.63) is 0 Å². The van der Waals surface area contributed by atoms with Gasteiger partial charge in [0.15, 0.2) is 0 Å². The quantitative estimate of drug-likeness (QED) is 0.692. The fraction of sp³-hybridized carbons (Fsp3) is 0.800. The van der Waals surface area contributed by atoms with Gasteiger partial charge in [-0.1, -0.05) is 0 Å². The van der Waals surface area contributed by atoms with E-state index in [1.54, 1.807) is 0 Å². The molecular weight excluding hydrogens is 249 g/mol. The summed E-state index contributed by atoms with van der Waals surface area (Å²) in [6.07, 6.45) is 0. The molecule has 90 valence electrons. The van der Waals surface area contributed by atoms with Crippen molar-refractivity contribution in [2.24, 2.45) is 0 Å². The second-order valence-electron chi connectivity index (χ2n) is 2.13. The zero-order valence-corrected chi connectivity index (χ0v) is 10.1. The first-order valence-corrected chi connectivity index (χ1v) is 6.69. The molecule has 10 heteroatoms. The zero-order chi connectivity index (χ0) is 12.1. The van der Waals surface area contributed by atoms with Gasteiger partial charge in [0.1, 0.15) is 0 Å². The first-order chi connectivity index (χ1) is 6.81. The van der Waals surface area contributed by atoms with Crippen molar-refractivity contribution in [1.82, 2.24) is 4.72 Å². The molecule has 0 aromatic rings. The van der Waals surface area contributed by atoms with Crippen molar-refractivity contribution in [1.29, 1.82) is 0 Å². The smallest absolute Gasteiger partial charge is 0.305 e. The van der Waals surface area contributed by atoms with Crippen molar-refractivity contribution in [2.75, 3.05) is 20.8 Å².